The van der Waals surface area contributed by atoms with E-state index in [2.05, 4.69) is 26.0 Å². The maximum Gasteiger partial charge on any atom is 0.418 e. The molecule has 0 radical (unpaired) electrons. The summed E-state index contributed by atoms with van der Waals surface area (Å²) in [5.41, 5.74) is -1.15. The first-order valence-corrected chi connectivity index (χ1v) is 10.5. The lowest BCUT2D eigenvalue weighted by atomic mass is 10.1. The molecule has 14 heteroatoms. The molecule has 0 bridgehead atoms. The number of amides is 3. The van der Waals surface area contributed by atoms with Crippen molar-refractivity contribution in [3.63, 3.8) is 0 Å². The Kier molecular flexibility index (Phi) is 6.90. The van der Waals surface area contributed by atoms with Gasteiger partial charge in [0.1, 0.15) is 24.2 Å². The van der Waals surface area contributed by atoms with Crippen LogP contribution >= 0.6 is 0 Å². The molecule has 190 valence electrons. The number of halogens is 3. The molecule has 0 atom stereocenters. The van der Waals surface area contributed by atoms with Crippen LogP contribution < -0.4 is 25.4 Å². The van der Waals surface area contributed by atoms with E-state index in [1.807, 2.05) is 0 Å². The summed E-state index contributed by atoms with van der Waals surface area (Å²) in [6.07, 6.45) is -1.32. The zero-order valence-corrected chi connectivity index (χ0v) is 19.0. The number of benzene rings is 2. The van der Waals surface area contributed by atoms with Crippen LogP contribution in [0, 0.1) is 5.21 Å². The number of pyridine rings is 1. The van der Waals surface area contributed by atoms with Gasteiger partial charge in [-0.05, 0) is 42.5 Å². The molecular weight excluding hydrogens is 495 g/mol. The van der Waals surface area contributed by atoms with Gasteiger partial charge >= 0.3 is 18.1 Å². The molecule has 37 heavy (non-hydrogen) atoms. The van der Waals surface area contributed by atoms with Gasteiger partial charge in [-0.1, -0.05) is 0 Å². The Hall–Kier alpha value is -5.14. The molecule has 0 spiro atoms. The number of rotatable bonds is 6. The van der Waals surface area contributed by atoms with Crippen molar-refractivity contribution in [2.24, 2.45) is 0 Å². The number of carbonyl (C=O) groups excluding carboxylic acids is 2. The van der Waals surface area contributed by atoms with Crippen molar-refractivity contribution in [1.29, 1.82) is 0 Å². The maximum absolute atomic E-state index is 13.6. The lowest BCUT2D eigenvalue weighted by molar-refractivity contribution is -0.607. The van der Waals surface area contributed by atoms with Crippen LogP contribution in [0.1, 0.15) is 16.1 Å². The average Bonchev–Trinajstić information content (AvgIpc) is 3.40. The molecule has 2 aromatic heterocycles. The molecule has 0 unspecified atom stereocenters. The van der Waals surface area contributed by atoms with Gasteiger partial charge in [-0.15, -0.1) is 0 Å². The van der Waals surface area contributed by atoms with Crippen molar-refractivity contribution in [2.75, 3.05) is 17.7 Å². The average molecular weight is 513 g/mol. The van der Waals surface area contributed by atoms with E-state index in [0.29, 0.717) is 16.2 Å². The topological polar surface area (TPSA) is 137 Å². The molecule has 4 rings (SSSR count). The number of aromatic nitrogens is 4. The minimum atomic E-state index is -4.70. The van der Waals surface area contributed by atoms with Gasteiger partial charge in [0.25, 0.3) is 5.69 Å². The van der Waals surface area contributed by atoms with Gasteiger partial charge in [-0.3, -0.25) is 4.79 Å². The summed E-state index contributed by atoms with van der Waals surface area (Å²) < 4.78 is 47.7. The second kappa shape index (κ2) is 10.2. The van der Waals surface area contributed by atoms with E-state index in [1.54, 1.807) is 0 Å². The fourth-order valence-electron chi connectivity index (χ4n) is 3.23. The van der Waals surface area contributed by atoms with Crippen LogP contribution in [0.4, 0.5) is 29.3 Å². The largest absolute Gasteiger partial charge is 0.618 e. The van der Waals surface area contributed by atoms with Gasteiger partial charge in [0, 0.05) is 24.5 Å². The van der Waals surface area contributed by atoms with Crippen LogP contribution in [-0.2, 0) is 6.18 Å². The monoisotopic (exact) mass is 513 g/mol. The molecule has 3 N–H and O–H groups in total. The van der Waals surface area contributed by atoms with E-state index in [0.717, 1.165) is 29.6 Å². The molecule has 0 fully saturated rings. The van der Waals surface area contributed by atoms with Gasteiger partial charge in [-0.25, -0.2) is 14.5 Å². The predicted molar refractivity (Wildman–Crippen MR) is 124 cm³/mol. The molecule has 0 saturated carbocycles. The summed E-state index contributed by atoms with van der Waals surface area (Å²) in [4.78, 5) is 27.8. The molecule has 0 aliphatic heterocycles. The number of anilines is 2. The lowest BCUT2D eigenvalue weighted by Gasteiger charge is -2.15. The van der Waals surface area contributed by atoms with Crippen molar-refractivity contribution in [3.05, 3.63) is 89.9 Å². The molecule has 11 nitrogen and oxygen atoms in total. The van der Waals surface area contributed by atoms with Crippen molar-refractivity contribution in [2.45, 2.75) is 6.18 Å². The van der Waals surface area contributed by atoms with Gasteiger partial charge in [0.15, 0.2) is 6.20 Å². The number of urea groups is 1. The Morgan fingerprint density at radius 3 is 2.35 bits per heavy atom. The van der Waals surface area contributed by atoms with Crippen molar-refractivity contribution in [3.8, 4) is 17.2 Å². The minimum absolute atomic E-state index is 0.0831. The highest BCUT2D eigenvalue weighted by Crippen LogP contribution is 2.35. The maximum atomic E-state index is 13.6. The Labute approximate surface area is 207 Å². The van der Waals surface area contributed by atoms with E-state index in [4.69, 9.17) is 4.74 Å². The summed E-state index contributed by atoms with van der Waals surface area (Å²) in [6.45, 7) is 0. The first-order valence-electron chi connectivity index (χ1n) is 10.5. The first kappa shape index (κ1) is 25.0. The first-order chi connectivity index (χ1) is 17.6. The lowest BCUT2D eigenvalue weighted by Crippen LogP contribution is -2.37. The number of ether oxygens (including phenoxy) is 1. The molecule has 4 aromatic rings. The Morgan fingerprint density at radius 2 is 1.70 bits per heavy atom. The van der Waals surface area contributed by atoms with Crippen LogP contribution in [-0.4, -0.2) is 33.8 Å². The zero-order chi connectivity index (χ0) is 26.6. The summed E-state index contributed by atoms with van der Waals surface area (Å²) in [6, 6.07) is 11.2. The number of carbonyl (C=O) groups is 2. The van der Waals surface area contributed by atoms with E-state index in [-0.39, 0.29) is 22.8 Å². The summed E-state index contributed by atoms with van der Waals surface area (Å²) in [5.74, 6) is -0.00339. The molecule has 0 aliphatic rings. The summed E-state index contributed by atoms with van der Waals surface area (Å²) in [7, 11) is 1.39. The number of hydrogen-bond donors (Lipinski definition) is 3. The van der Waals surface area contributed by atoms with Gasteiger partial charge in [-0.2, -0.15) is 23.0 Å². The van der Waals surface area contributed by atoms with Crippen molar-refractivity contribution >= 4 is 23.3 Å². The van der Waals surface area contributed by atoms with Crippen LogP contribution in [0.5, 0.6) is 11.5 Å². The quantitative estimate of drug-likeness (QED) is 0.266. The van der Waals surface area contributed by atoms with Crippen LogP contribution in [0.25, 0.3) is 5.69 Å². The third kappa shape index (κ3) is 5.93. The van der Waals surface area contributed by atoms with E-state index >= 15 is 0 Å². The smallest absolute Gasteiger partial charge is 0.418 e. The molecule has 2 heterocycles. The van der Waals surface area contributed by atoms with E-state index in [9.17, 15) is 28.0 Å². The highest BCUT2D eigenvalue weighted by Gasteiger charge is 2.34. The molecule has 2 aromatic carbocycles. The molecular formula is C23H18F3N7O4. The Morgan fingerprint density at radius 1 is 1.00 bits per heavy atom. The molecule has 0 saturated heterocycles. The highest BCUT2D eigenvalue weighted by atomic mass is 19.4. The fourth-order valence-corrected chi connectivity index (χ4v) is 3.23. The normalized spacial score (nSPS) is 11.0. The second-order valence-electron chi connectivity index (χ2n) is 7.43. The minimum Gasteiger partial charge on any atom is -0.618 e. The molecule has 3 amide bonds. The Bertz CT molecular complexity index is 1430. The number of hydrogen-bond acceptors (Lipinski definition) is 6. The standard InChI is InChI=1S/C23H18F3N7O4/c1-27-21(34)20-11-17(8-9-33(20)36)37-16-5-2-14(3-6-16)30-22(35)31-15-4-7-19(32-13-28-12-29-32)18(10-15)23(24,25)26/h2-13H,1H3,(H,27,34)(H2,30,31,35). The number of nitrogens with zero attached hydrogens (tertiary/aromatic N) is 4. The zero-order valence-electron chi connectivity index (χ0n) is 19.0. The highest BCUT2D eigenvalue weighted by molar-refractivity contribution is 5.99. The number of alkyl halides is 3. The third-order valence-corrected chi connectivity index (χ3v) is 4.92. The van der Waals surface area contributed by atoms with Gasteiger partial charge in [0.05, 0.1) is 17.3 Å². The Balaban J connectivity index is 1.42. The van der Waals surface area contributed by atoms with Crippen molar-refractivity contribution < 1.29 is 32.2 Å². The summed E-state index contributed by atoms with van der Waals surface area (Å²) in [5, 5.41) is 22.7. The van der Waals surface area contributed by atoms with E-state index < -0.39 is 23.7 Å². The van der Waals surface area contributed by atoms with Gasteiger partial charge in [0.2, 0.25) is 0 Å². The fraction of sp³-hybridized carbons (Fsp3) is 0.0870. The van der Waals surface area contributed by atoms with Crippen LogP contribution in [0.3, 0.4) is 0 Å². The van der Waals surface area contributed by atoms with Gasteiger partial charge < -0.3 is 25.9 Å². The summed E-state index contributed by atoms with van der Waals surface area (Å²) >= 11 is 0. The third-order valence-electron chi connectivity index (χ3n) is 4.92. The van der Waals surface area contributed by atoms with Crippen LogP contribution in [0.2, 0.25) is 0 Å². The number of nitrogens with one attached hydrogen (secondary N) is 3. The molecule has 0 aliphatic carbocycles. The van der Waals surface area contributed by atoms with Crippen LogP contribution in [0.15, 0.2) is 73.4 Å². The van der Waals surface area contributed by atoms with E-state index in [1.165, 1.54) is 55.6 Å². The predicted octanol–water partition coefficient (Wildman–Crippen LogP) is 3.72. The SMILES string of the molecule is CNC(=O)c1cc(Oc2ccc(NC(=O)Nc3ccc(-n4cncn4)c(C(F)(F)F)c3)cc2)cc[n+]1[O-]. The van der Waals surface area contributed by atoms with Crippen molar-refractivity contribution in [1.82, 2.24) is 20.1 Å². The second-order valence-corrected chi connectivity index (χ2v) is 7.43.